The molecule has 0 spiro atoms. The van der Waals surface area contributed by atoms with Gasteiger partial charge in [0.15, 0.2) is 0 Å². The van der Waals surface area contributed by atoms with Gasteiger partial charge in [-0.1, -0.05) is 55.5 Å². The quantitative estimate of drug-likeness (QED) is 0.357. The summed E-state index contributed by atoms with van der Waals surface area (Å²) in [5.74, 6) is 0.516. The lowest BCUT2D eigenvalue weighted by Crippen LogP contribution is -2.51. The van der Waals surface area contributed by atoms with Gasteiger partial charge in [-0.2, -0.15) is 0 Å². The Morgan fingerprint density at radius 3 is 2.44 bits per heavy atom. The molecule has 2 fully saturated rings. The third-order valence-electron chi connectivity index (χ3n) is 8.54. The first-order chi connectivity index (χ1) is 20.0. The fourth-order valence-corrected chi connectivity index (χ4v) is 6.24. The maximum atomic E-state index is 13.2. The van der Waals surface area contributed by atoms with Crippen molar-refractivity contribution in [1.29, 1.82) is 0 Å². The summed E-state index contributed by atoms with van der Waals surface area (Å²) in [6.07, 6.45) is 4.14. The van der Waals surface area contributed by atoms with E-state index in [1.54, 1.807) is 0 Å². The fourth-order valence-electron chi connectivity index (χ4n) is 6.24. The first-order valence-corrected chi connectivity index (χ1v) is 15.3. The molecule has 2 heterocycles. The average molecular weight is 557 g/mol. The summed E-state index contributed by atoms with van der Waals surface area (Å²) in [6, 6.07) is 22.7. The second-order valence-corrected chi connectivity index (χ2v) is 11.5. The number of fused-ring (bicyclic) bond motifs is 1. The molecule has 0 aliphatic carbocycles. The minimum Gasteiger partial charge on any atom is -0.378 e. The van der Waals surface area contributed by atoms with Crippen LogP contribution in [0.3, 0.4) is 0 Å². The van der Waals surface area contributed by atoms with Crippen molar-refractivity contribution in [3.8, 4) is 0 Å². The Morgan fingerprint density at radius 1 is 0.951 bits per heavy atom. The van der Waals surface area contributed by atoms with Crippen molar-refractivity contribution in [2.75, 3.05) is 57.8 Å². The molecule has 1 N–H and O–H groups in total. The molecule has 218 valence electrons. The van der Waals surface area contributed by atoms with E-state index in [2.05, 4.69) is 36.2 Å². The van der Waals surface area contributed by atoms with Gasteiger partial charge in [0, 0.05) is 50.0 Å². The molecule has 2 aliphatic rings. The van der Waals surface area contributed by atoms with Crippen molar-refractivity contribution in [2.45, 2.75) is 45.6 Å². The van der Waals surface area contributed by atoms with E-state index in [9.17, 15) is 9.59 Å². The lowest BCUT2D eigenvalue weighted by molar-refractivity contribution is 0.0386. The number of anilines is 1. The van der Waals surface area contributed by atoms with E-state index in [0.717, 1.165) is 68.3 Å². The van der Waals surface area contributed by atoms with Crippen LogP contribution in [0.2, 0.25) is 0 Å². The highest BCUT2D eigenvalue weighted by atomic mass is 16.5. The Kier molecular flexibility index (Phi) is 9.91. The topological polar surface area (TPSA) is 65.1 Å². The van der Waals surface area contributed by atoms with Crippen molar-refractivity contribution < 1.29 is 14.3 Å². The molecule has 1 atom stereocenters. The van der Waals surface area contributed by atoms with E-state index in [1.165, 1.54) is 5.56 Å². The molecule has 1 unspecified atom stereocenters. The zero-order valence-corrected chi connectivity index (χ0v) is 24.6. The molecular weight excluding hydrogens is 512 g/mol. The zero-order valence-electron chi connectivity index (χ0n) is 24.6. The van der Waals surface area contributed by atoms with E-state index in [-0.39, 0.29) is 11.9 Å². The van der Waals surface area contributed by atoms with Crippen molar-refractivity contribution in [2.24, 2.45) is 5.92 Å². The number of piperidine rings is 1. The molecule has 0 aromatic heterocycles. The van der Waals surface area contributed by atoms with Crippen molar-refractivity contribution in [3.05, 3.63) is 77.9 Å². The summed E-state index contributed by atoms with van der Waals surface area (Å²) < 4.78 is 5.41. The number of nitrogens with zero attached hydrogens (tertiary/aromatic N) is 3. The Hall–Kier alpha value is -3.42. The smallest absolute Gasteiger partial charge is 0.320 e. The molecule has 3 amide bonds. The van der Waals surface area contributed by atoms with Gasteiger partial charge in [-0.05, 0) is 79.6 Å². The van der Waals surface area contributed by atoms with Gasteiger partial charge in [-0.25, -0.2) is 4.79 Å². The van der Waals surface area contributed by atoms with Crippen LogP contribution < -0.4 is 5.32 Å². The summed E-state index contributed by atoms with van der Waals surface area (Å²) in [4.78, 5) is 32.7. The second kappa shape index (κ2) is 14.0. The number of hydrogen-bond donors (Lipinski definition) is 1. The monoisotopic (exact) mass is 556 g/mol. The molecule has 0 saturated carbocycles. The first-order valence-electron chi connectivity index (χ1n) is 15.3. The molecule has 7 nitrogen and oxygen atoms in total. The molecule has 3 aromatic carbocycles. The number of carbonyl (C=O) groups is 2. The summed E-state index contributed by atoms with van der Waals surface area (Å²) in [5, 5.41) is 5.15. The molecular formula is C34H44N4O3. The van der Waals surface area contributed by atoms with Crippen LogP contribution in [0.5, 0.6) is 0 Å². The van der Waals surface area contributed by atoms with Gasteiger partial charge in [0.1, 0.15) is 0 Å². The highest BCUT2D eigenvalue weighted by Crippen LogP contribution is 2.24. The molecule has 5 rings (SSSR count). The zero-order chi connectivity index (χ0) is 28.6. The minimum atomic E-state index is -0.0851. The number of benzene rings is 3. The average Bonchev–Trinajstić information content (AvgIpc) is 3.01. The third-order valence-corrected chi connectivity index (χ3v) is 8.54. The molecule has 2 aliphatic heterocycles. The maximum absolute atomic E-state index is 13.2. The lowest BCUT2D eigenvalue weighted by atomic mass is 9.95. The predicted octanol–water partition coefficient (Wildman–Crippen LogP) is 5.90. The van der Waals surface area contributed by atoms with E-state index < -0.39 is 0 Å². The van der Waals surface area contributed by atoms with Gasteiger partial charge in [-0.15, -0.1) is 0 Å². The standard InChI is InChI=1S/C34H44N4O3/c1-3-16-38(25-27-14-17-36(18-15-27)34(40)37-19-21-41-22-20-37)26(2)23-28-8-6-11-30(24-28)35-33(39)32-13-7-10-29-9-4-5-12-31(29)32/h4-13,24,26-27H,3,14-23,25H2,1-2H3,(H,35,39). The third kappa shape index (κ3) is 7.46. The first kappa shape index (κ1) is 29.1. The molecule has 41 heavy (non-hydrogen) atoms. The number of urea groups is 1. The number of amides is 3. The summed E-state index contributed by atoms with van der Waals surface area (Å²) >= 11 is 0. The van der Waals surface area contributed by atoms with Gasteiger partial charge in [0.05, 0.1) is 13.2 Å². The lowest BCUT2D eigenvalue weighted by Gasteiger charge is -2.39. The molecule has 2 saturated heterocycles. The second-order valence-electron chi connectivity index (χ2n) is 11.5. The maximum Gasteiger partial charge on any atom is 0.320 e. The minimum absolute atomic E-state index is 0.0851. The SMILES string of the molecule is CCCN(CC1CCN(C(=O)N2CCOCC2)CC1)C(C)Cc1cccc(NC(=O)c2cccc3ccccc23)c1. The number of rotatable bonds is 9. The van der Waals surface area contributed by atoms with E-state index in [1.807, 2.05) is 64.4 Å². The Labute approximate surface area is 244 Å². The number of carbonyl (C=O) groups excluding carboxylic acids is 2. The van der Waals surface area contributed by atoms with Crippen molar-refractivity contribution >= 4 is 28.4 Å². The number of likely N-dealkylation sites (tertiary alicyclic amines) is 1. The highest BCUT2D eigenvalue weighted by molar-refractivity contribution is 6.12. The van der Waals surface area contributed by atoms with Gasteiger partial charge in [0.2, 0.25) is 0 Å². The number of ether oxygens (including phenoxy) is 1. The van der Waals surface area contributed by atoms with Crippen molar-refractivity contribution in [3.63, 3.8) is 0 Å². The van der Waals surface area contributed by atoms with Crippen molar-refractivity contribution in [1.82, 2.24) is 14.7 Å². The Balaban J connectivity index is 1.16. The van der Waals surface area contributed by atoms with Crippen LogP contribution in [0.15, 0.2) is 66.7 Å². The molecule has 7 heteroatoms. The number of morpholine rings is 1. The largest absolute Gasteiger partial charge is 0.378 e. The predicted molar refractivity (Wildman–Crippen MR) is 165 cm³/mol. The molecule has 0 radical (unpaired) electrons. The fraction of sp³-hybridized carbons (Fsp3) is 0.471. The van der Waals surface area contributed by atoms with E-state index in [0.29, 0.717) is 43.8 Å². The van der Waals surface area contributed by atoms with Crippen LogP contribution in [0, 0.1) is 5.92 Å². The number of hydrogen-bond acceptors (Lipinski definition) is 4. The van der Waals surface area contributed by atoms with E-state index >= 15 is 0 Å². The van der Waals surface area contributed by atoms with Crippen LogP contribution in [-0.2, 0) is 11.2 Å². The Bertz CT molecular complexity index is 1310. The molecule has 3 aromatic rings. The number of nitrogens with one attached hydrogen (secondary N) is 1. The van der Waals surface area contributed by atoms with Crippen LogP contribution in [0.4, 0.5) is 10.5 Å². The summed E-state index contributed by atoms with van der Waals surface area (Å²) in [6.45, 7) is 11.1. The van der Waals surface area contributed by atoms with E-state index in [4.69, 9.17) is 4.74 Å². The Morgan fingerprint density at radius 2 is 1.66 bits per heavy atom. The van der Waals surface area contributed by atoms with Gasteiger partial charge >= 0.3 is 6.03 Å². The highest BCUT2D eigenvalue weighted by Gasteiger charge is 2.29. The summed E-state index contributed by atoms with van der Waals surface area (Å²) in [5.41, 5.74) is 2.74. The van der Waals surface area contributed by atoms with Crippen LogP contribution >= 0.6 is 0 Å². The van der Waals surface area contributed by atoms with Crippen LogP contribution in [0.25, 0.3) is 10.8 Å². The van der Waals surface area contributed by atoms with Crippen LogP contribution in [0.1, 0.15) is 49.0 Å². The van der Waals surface area contributed by atoms with Gasteiger partial charge in [-0.3, -0.25) is 4.79 Å². The van der Waals surface area contributed by atoms with Crippen LogP contribution in [-0.4, -0.2) is 85.2 Å². The van der Waals surface area contributed by atoms with Gasteiger partial charge < -0.3 is 24.8 Å². The summed E-state index contributed by atoms with van der Waals surface area (Å²) in [7, 11) is 0. The normalized spacial score (nSPS) is 17.1. The molecule has 0 bridgehead atoms. The van der Waals surface area contributed by atoms with Gasteiger partial charge in [0.25, 0.3) is 5.91 Å².